The molecule has 7 nitrogen and oxygen atoms in total. The molecular formula is C12H11N3O4S2. The molecule has 3 aliphatic rings. The summed E-state index contributed by atoms with van der Waals surface area (Å²) in [5.41, 5.74) is 1.19. The molecule has 3 aliphatic heterocycles. The first-order valence-corrected chi connectivity index (χ1v) is 8.77. The first-order valence-electron chi connectivity index (χ1n) is 6.40. The number of aryl methyl sites for hydroxylation is 1. The molecule has 4 rings (SSSR count). The van der Waals surface area contributed by atoms with E-state index in [4.69, 9.17) is 5.11 Å². The van der Waals surface area contributed by atoms with E-state index in [9.17, 15) is 13.8 Å². The predicted octanol–water partition coefficient (Wildman–Crippen LogP) is -0.244. The Kier molecular flexibility index (Phi) is 2.77. The smallest absolute Gasteiger partial charge is 0.327 e. The lowest BCUT2D eigenvalue weighted by Crippen LogP contribution is -2.56. The topological polar surface area (TPSA) is 92.5 Å². The van der Waals surface area contributed by atoms with Crippen LogP contribution in [0.1, 0.15) is 5.69 Å². The van der Waals surface area contributed by atoms with Crippen LogP contribution in [0, 0.1) is 0 Å². The van der Waals surface area contributed by atoms with Gasteiger partial charge in [0.25, 0.3) is 5.91 Å². The molecule has 0 bridgehead atoms. The minimum atomic E-state index is -1.06. The molecule has 0 saturated carbocycles. The van der Waals surface area contributed by atoms with E-state index in [0.717, 1.165) is 0 Å². The highest BCUT2D eigenvalue weighted by Crippen LogP contribution is 2.43. The van der Waals surface area contributed by atoms with Crippen molar-refractivity contribution in [1.29, 1.82) is 0 Å². The Labute approximate surface area is 126 Å². The first-order chi connectivity index (χ1) is 10.1. The maximum Gasteiger partial charge on any atom is 0.327 e. The van der Waals surface area contributed by atoms with Gasteiger partial charge in [-0.2, -0.15) is 0 Å². The Bertz CT molecular complexity index is 726. The Balaban J connectivity index is 1.61. The van der Waals surface area contributed by atoms with Crippen molar-refractivity contribution in [3.63, 3.8) is 0 Å². The SMILES string of the molecule is O=C(O)C1CS[C@@H]2/C(=C\c3cn4c(n3)S(=O)CC4)C(=O)N12. The van der Waals surface area contributed by atoms with Crippen LogP contribution in [0.3, 0.4) is 0 Å². The molecule has 1 amide bonds. The van der Waals surface area contributed by atoms with Gasteiger partial charge < -0.3 is 14.6 Å². The molecule has 1 aromatic rings. The fourth-order valence-corrected chi connectivity index (χ4v) is 5.34. The number of β-lactam (4-membered cyclic amide) rings is 1. The van der Waals surface area contributed by atoms with E-state index in [1.807, 2.05) is 4.57 Å². The summed E-state index contributed by atoms with van der Waals surface area (Å²) < 4.78 is 13.5. The van der Waals surface area contributed by atoms with E-state index in [1.54, 1.807) is 12.3 Å². The maximum atomic E-state index is 12.1. The van der Waals surface area contributed by atoms with Crippen LogP contribution in [0.5, 0.6) is 0 Å². The van der Waals surface area contributed by atoms with Crippen LogP contribution in [0.15, 0.2) is 16.9 Å². The number of carboxylic acids is 1. The molecule has 21 heavy (non-hydrogen) atoms. The second-order valence-corrected chi connectivity index (χ2v) is 7.62. The Morgan fingerprint density at radius 2 is 2.38 bits per heavy atom. The van der Waals surface area contributed by atoms with Crippen LogP contribution >= 0.6 is 11.8 Å². The molecule has 3 atom stereocenters. The summed E-state index contributed by atoms with van der Waals surface area (Å²) in [6, 6.07) is -0.732. The normalized spacial score (nSPS) is 32.2. The van der Waals surface area contributed by atoms with Gasteiger partial charge in [-0.3, -0.25) is 9.00 Å². The number of hydrogen-bond donors (Lipinski definition) is 1. The maximum absolute atomic E-state index is 12.1. The number of carbonyl (C=O) groups is 2. The summed E-state index contributed by atoms with van der Waals surface area (Å²) in [6.45, 7) is 0.678. The number of rotatable bonds is 2. The van der Waals surface area contributed by atoms with Gasteiger partial charge >= 0.3 is 5.97 Å². The largest absolute Gasteiger partial charge is 0.480 e. The van der Waals surface area contributed by atoms with E-state index < -0.39 is 22.8 Å². The monoisotopic (exact) mass is 325 g/mol. The molecule has 2 saturated heterocycles. The molecule has 0 aliphatic carbocycles. The van der Waals surface area contributed by atoms with E-state index in [1.165, 1.54) is 16.7 Å². The summed E-state index contributed by atoms with van der Waals surface area (Å²) in [5.74, 6) is -0.210. The number of carboxylic acid groups (broad SMARTS) is 1. The van der Waals surface area contributed by atoms with Crippen molar-refractivity contribution < 1.29 is 18.9 Å². The van der Waals surface area contributed by atoms with Crippen molar-refractivity contribution in [3.05, 3.63) is 17.5 Å². The summed E-state index contributed by atoms with van der Waals surface area (Å²) in [4.78, 5) is 28.8. The van der Waals surface area contributed by atoms with Gasteiger partial charge in [0.2, 0.25) is 0 Å². The number of aromatic nitrogens is 2. The van der Waals surface area contributed by atoms with E-state index in [2.05, 4.69) is 4.98 Å². The van der Waals surface area contributed by atoms with E-state index in [0.29, 0.717) is 34.5 Å². The molecular weight excluding hydrogens is 314 g/mol. The number of nitrogens with zero attached hydrogens (tertiary/aromatic N) is 3. The van der Waals surface area contributed by atoms with Crippen LogP contribution < -0.4 is 0 Å². The van der Waals surface area contributed by atoms with Crippen molar-refractivity contribution >= 4 is 40.5 Å². The number of carbonyl (C=O) groups excluding carboxylic acids is 1. The third-order valence-electron chi connectivity index (χ3n) is 3.82. The Morgan fingerprint density at radius 3 is 3.10 bits per heavy atom. The number of imidazole rings is 1. The summed E-state index contributed by atoms with van der Waals surface area (Å²) in [7, 11) is -1.06. The summed E-state index contributed by atoms with van der Waals surface area (Å²) in [6.07, 6.45) is 3.47. The molecule has 2 unspecified atom stereocenters. The van der Waals surface area contributed by atoms with Gasteiger partial charge in [-0.05, 0) is 6.08 Å². The standard InChI is InChI=1S/C12H11N3O4S2/c16-9-7(10-15(9)8(5-20-10)11(17)18)3-6-4-14-1-2-21(19)12(14)13-6/h3-4,8,10H,1-2,5H2,(H,17,18)/b7-3-/t8?,10-,21?/m1/s1. The van der Waals surface area contributed by atoms with Gasteiger partial charge in [0.05, 0.1) is 22.1 Å². The second kappa shape index (κ2) is 4.44. The van der Waals surface area contributed by atoms with E-state index >= 15 is 0 Å². The predicted molar refractivity (Wildman–Crippen MR) is 76.0 cm³/mol. The van der Waals surface area contributed by atoms with Gasteiger partial charge in [-0.1, -0.05) is 0 Å². The third-order valence-corrected chi connectivity index (χ3v) is 6.41. The zero-order valence-electron chi connectivity index (χ0n) is 10.8. The van der Waals surface area contributed by atoms with Crippen molar-refractivity contribution in [2.24, 2.45) is 0 Å². The van der Waals surface area contributed by atoms with Crippen LogP contribution in [0.2, 0.25) is 0 Å². The fraction of sp³-hybridized carbons (Fsp3) is 0.417. The number of hydrogen-bond acceptors (Lipinski definition) is 5. The first kappa shape index (κ1) is 13.1. The molecule has 0 aromatic carbocycles. The third kappa shape index (κ3) is 1.80. The van der Waals surface area contributed by atoms with Crippen LogP contribution in [-0.2, 0) is 26.9 Å². The zero-order chi connectivity index (χ0) is 14.7. The van der Waals surface area contributed by atoms with Crippen molar-refractivity contribution in [1.82, 2.24) is 14.5 Å². The average Bonchev–Trinajstić information content (AvgIpc) is 3.10. The quantitative estimate of drug-likeness (QED) is 0.596. The van der Waals surface area contributed by atoms with Gasteiger partial charge in [-0.25, -0.2) is 9.78 Å². The van der Waals surface area contributed by atoms with Crippen molar-refractivity contribution in [3.8, 4) is 0 Å². The van der Waals surface area contributed by atoms with Crippen molar-refractivity contribution in [2.75, 3.05) is 11.5 Å². The molecule has 1 aromatic heterocycles. The second-order valence-electron chi connectivity index (χ2n) is 5.04. The molecule has 4 heterocycles. The number of thioether (sulfide) groups is 1. The van der Waals surface area contributed by atoms with Gasteiger partial charge in [0.15, 0.2) is 5.16 Å². The molecule has 0 spiro atoms. The molecule has 110 valence electrons. The Morgan fingerprint density at radius 1 is 1.57 bits per heavy atom. The minimum absolute atomic E-state index is 0.194. The van der Waals surface area contributed by atoms with Gasteiger partial charge in [0, 0.05) is 24.2 Å². The van der Waals surface area contributed by atoms with Gasteiger partial charge in [0.1, 0.15) is 11.4 Å². The molecule has 0 radical (unpaired) electrons. The van der Waals surface area contributed by atoms with Crippen LogP contribution in [0.4, 0.5) is 0 Å². The molecule has 2 fully saturated rings. The average molecular weight is 325 g/mol. The summed E-state index contributed by atoms with van der Waals surface area (Å²) >= 11 is 1.45. The van der Waals surface area contributed by atoms with Crippen molar-refractivity contribution in [2.45, 2.75) is 23.1 Å². The number of aliphatic carboxylic acids is 1. The van der Waals surface area contributed by atoms with Crippen LogP contribution in [-0.4, -0.2) is 58.6 Å². The van der Waals surface area contributed by atoms with Crippen LogP contribution in [0.25, 0.3) is 6.08 Å². The lowest BCUT2D eigenvalue weighted by Gasteiger charge is -2.38. The molecule has 1 N–H and O–H groups in total. The highest BCUT2D eigenvalue weighted by Gasteiger charge is 2.53. The lowest BCUT2D eigenvalue weighted by molar-refractivity contribution is -0.150. The number of fused-ring (bicyclic) bond motifs is 2. The zero-order valence-corrected chi connectivity index (χ0v) is 12.4. The van der Waals surface area contributed by atoms with E-state index in [-0.39, 0.29) is 11.3 Å². The lowest BCUT2D eigenvalue weighted by atomic mass is 10.0. The summed E-state index contributed by atoms with van der Waals surface area (Å²) in [5, 5.41) is 9.42. The highest BCUT2D eigenvalue weighted by atomic mass is 32.2. The minimum Gasteiger partial charge on any atom is -0.480 e. The Hall–Kier alpha value is -1.61. The fourth-order valence-electron chi connectivity index (χ4n) is 2.77. The number of amides is 1. The highest BCUT2D eigenvalue weighted by molar-refractivity contribution is 8.00. The molecule has 9 heteroatoms. The van der Waals surface area contributed by atoms with Gasteiger partial charge in [-0.15, -0.1) is 11.8 Å².